The second kappa shape index (κ2) is 8.14. The van der Waals surface area contributed by atoms with Crippen molar-refractivity contribution in [1.29, 1.82) is 0 Å². The average molecular weight is 392 g/mol. The summed E-state index contributed by atoms with van der Waals surface area (Å²) in [5, 5.41) is 0.493. The van der Waals surface area contributed by atoms with Crippen molar-refractivity contribution in [1.82, 2.24) is 0 Å². The lowest BCUT2D eigenvalue weighted by molar-refractivity contribution is 0.210. The van der Waals surface area contributed by atoms with Gasteiger partial charge in [-0.05, 0) is 74.2 Å². The molecule has 0 heterocycles. The number of rotatable bonds is 7. The highest BCUT2D eigenvalue weighted by molar-refractivity contribution is 7.92. The van der Waals surface area contributed by atoms with Gasteiger partial charge in [0.25, 0.3) is 10.0 Å². The molecule has 138 valence electrons. The first-order chi connectivity index (χ1) is 12.5. The van der Waals surface area contributed by atoms with Crippen LogP contribution in [-0.2, 0) is 10.0 Å². The Morgan fingerprint density at radius 1 is 1.08 bits per heavy atom. The van der Waals surface area contributed by atoms with E-state index in [0.717, 1.165) is 18.6 Å². The first-order valence-electron chi connectivity index (χ1n) is 8.66. The van der Waals surface area contributed by atoms with Crippen molar-refractivity contribution < 1.29 is 13.2 Å². The molecule has 1 saturated carbocycles. The van der Waals surface area contributed by atoms with Gasteiger partial charge in [-0.3, -0.25) is 4.31 Å². The van der Waals surface area contributed by atoms with E-state index in [-0.39, 0.29) is 17.5 Å². The lowest BCUT2D eigenvalue weighted by Gasteiger charge is -2.23. The van der Waals surface area contributed by atoms with Gasteiger partial charge in [-0.2, -0.15) is 0 Å². The number of ether oxygens (including phenoxy) is 1. The van der Waals surface area contributed by atoms with Crippen LogP contribution in [0.1, 0.15) is 25.7 Å². The van der Waals surface area contributed by atoms with Gasteiger partial charge in [-0.15, -0.1) is 6.58 Å². The van der Waals surface area contributed by atoms with Crippen molar-refractivity contribution in [2.75, 3.05) is 10.8 Å². The largest absolute Gasteiger partial charge is 0.490 e. The molecule has 0 saturated heterocycles. The van der Waals surface area contributed by atoms with Gasteiger partial charge in [-0.1, -0.05) is 17.7 Å². The van der Waals surface area contributed by atoms with E-state index in [4.69, 9.17) is 16.3 Å². The summed E-state index contributed by atoms with van der Waals surface area (Å²) in [5.74, 6) is 0.767. The summed E-state index contributed by atoms with van der Waals surface area (Å²) in [7, 11) is -3.71. The van der Waals surface area contributed by atoms with E-state index in [9.17, 15) is 8.42 Å². The molecular formula is C20H22ClNO3S. The van der Waals surface area contributed by atoms with Crippen molar-refractivity contribution in [2.45, 2.75) is 36.7 Å². The van der Waals surface area contributed by atoms with Crippen LogP contribution < -0.4 is 9.04 Å². The predicted octanol–water partition coefficient (Wildman–Crippen LogP) is 5.04. The molecule has 0 spiro atoms. The van der Waals surface area contributed by atoms with E-state index < -0.39 is 10.0 Å². The minimum absolute atomic E-state index is 0.174. The molecule has 0 aliphatic heterocycles. The summed E-state index contributed by atoms with van der Waals surface area (Å²) in [4.78, 5) is 0.190. The highest BCUT2D eigenvalue weighted by Gasteiger charge is 2.24. The van der Waals surface area contributed by atoms with Crippen LogP contribution >= 0.6 is 11.6 Å². The zero-order valence-electron chi connectivity index (χ0n) is 14.5. The summed E-state index contributed by atoms with van der Waals surface area (Å²) in [5.41, 5.74) is 0.568. The van der Waals surface area contributed by atoms with E-state index in [1.807, 2.05) is 12.1 Å². The zero-order chi connectivity index (χ0) is 18.6. The summed E-state index contributed by atoms with van der Waals surface area (Å²) < 4.78 is 33.3. The Balaban J connectivity index is 1.84. The normalized spacial score (nSPS) is 15.0. The van der Waals surface area contributed by atoms with E-state index in [0.29, 0.717) is 10.7 Å². The summed E-state index contributed by atoms with van der Waals surface area (Å²) in [6, 6.07) is 13.3. The Labute approximate surface area is 160 Å². The first-order valence-corrected chi connectivity index (χ1v) is 10.5. The molecule has 1 aliphatic carbocycles. The number of anilines is 1. The van der Waals surface area contributed by atoms with Gasteiger partial charge in [0.2, 0.25) is 0 Å². The maximum absolute atomic E-state index is 13.0. The molecule has 0 radical (unpaired) electrons. The number of hydrogen-bond acceptors (Lipinski definition) is 3. The maximum atomic E-state index is 13.0. The fourth-order valence-corrected chi connectivity index (χ4v) is 4.64. The minimum atomic E-state index is -3.71. The Morgan fingerprint density at radius 3 is 2.27 bits per heavy atom. The van der Waals surface area contributed by atoms with Crippen LogP contribution in [0.25, 0.3) is 0 Å². The molecule has 0 aromatic heterocycles. The third kappa shape index (κ3) is 4.22. The van der Waals surface area contributed by atoms with Crippen molar-refractivity contribution in [3.8, 4) is 5.75 Å². The van der Waals surface area contributed by atoms with Crippen LogP contribution in [0.15, 0.2) is 66.1 Å². The van der Waals surface area contributed by atoms with Crippen molar-refractivity contribution in [2.24, 2.45) is 0 Å². The third-order valence-electron chi connectivity index (χ3n) is 4.43. The van der Waals surface area contributed by atoms with Crippen LogP contribution in [0, 0.1) is 0 Å². The number of benzene rings is 2. The first kappa shape index (κ1) is 18.8. The van der Waals surface area contributed by atoms with E-state index >= 15 is 0 Å². The van der Waals surface area contributed by atoms with Gasteiger partial charge in [0.1, 0.15) is 5.75 Å². The van der Waals surface area contributed by atoms with Gasteiger partial charge in [0, 0.05) is 5.02 Å². The van der Waals surface area contributed by atoms with Crippen LogP contribution in [0.3, 0.4) is 0 Å². The van der Waals surface area contributed by atoms with Gasteiger partial charge < -0.3 is 4.74 Å². The van der Waals surface area contributed by atoms with Crippen molar-refractivity contribution in [3.05, 3.63) is 66.2 Å². The summed E-state index contributed by atoms with van der Waals surface area (Å²) >= 11 is 5.87. The Hall–Kier alpha value is -1.98. The Morgan fingerprint density at radius 2 is 1.69 bits per heavy atom. The Bertz CT molecular complexity index is 842. The zero-order valence-corrected chi connectivity index (χ0v) is 16.0. The van der Waals surface area contributed by atoms with E-state index in [2.05, 4.69) is 6.58 Å². The Kier molecular flexibility index (Phi) is 5.89. The van der Waals surface area contributed by atoms with Crippen LogP contribution in [0.4, 0.5) is 5.69 Å². The quantitative estimate of drug-likeness (QED) is 0.621. The number of halogens is 1. The molecule has 0 atom stereocenters. The van der Waals surface area contributed by atoms with Crippen LogP contribution in [0.2, 0.25) is 5.02 Å². The minimum Gasteiger partial charge on any atom is -0.490 e. The predicted molar refractivity (Wildman–Crippen MR) is 106 cm³/mol. The monoisotopic (exact) mass is 391 g/mol. The van der Waals surface area contributed by atoms with Gasteiger partial charge in [0.15, 0.2) is 0 Å². The molecule has 3 rings (SSSR count). The highest BCUT2D eigenvalue weighted by atomic mass is 35.5. The topological polar surface area (TPSA) is 46.6 Å². The molecular weight excluding hydrogens is 370 g/mol. The smallest absolute Gasteiger partial charge is 0.264 e. The molecule has 2 aromatic carbocycles. The summed E-state index contributed by atoms with van der Waals surface area (Å²) in [6.07, 6.45) is 6.40. The van der Waals surface area contributed by atoms with E-state index in [1.165, 1.54) is 29.3 Å². The third-order valence-corrected chi connectivity index (χ3v) is 6.49. The van der Waals surface area contributed by atoms with E-state index in [1.54, 1.807) is 30.3 Å². The summed E-state index contributed by atoms with van der Waals surface area (Å²) in [6.45, 7) is 3.86. The molecule has 4 nitrogen and oxygen atoms in total. The lowest BCUT2D eigenvalue weighted by Crippen LogP contribution is -2.31. The second-order valence-corrected chi connectivity index (χ2v) is 8.60. The highest BCUT2D eigenvalue weighted by Crippen LogP contribution is 2.29. The van der Waals surface area contributed by atoms with Gasteiger partial charge in [0.05, 0.1) is 23.2 Å². The second-order valence-electron chi connectivity index (χ2n) is 6.30. The fourth-order valence-electron chi connectivity index (χ4n) is 3.08. The van der Waals surface area contributed by atoms with Gasteiger partial charge in [-0.25, -0.2) is 8.42 Å². The number of hydrogen-bond donors (Lipinski definition) is 0. The molecule has 0 bridgehead atoms. The molecule has 26 heavy (non-hydrogen) atoms. The molecule has 1 fully saturated rings. The van der Waals surface area contributed by atoms with Crippen LogP contribution in [-0.4, -0.2) is 21.1 Å². The maximum Gasteiger partial charge on any atom is 0.264 e. The fraction of sp³-hybridized carbons (Fsp3) is 0.300. The molecule has 0 unspecified atom stereocenters. The SMILES string of the molecule is C=CCN(c1ccc(OC2CCCC2)cc1)S(=O)(=O)c1ccc(Cl)cc1. The van der Waals surface area contributed by atoms with Gasteiger partial charge >= 0.3 is 0 Å². The van der Waals surface area contributed by atoms with Crippen molar-refractivity contribution in [3.63, 3.8) is 0 Å². The molecule has 0 N–H and O–H groups in total. The lowest BCUT2D eigenvalue weighted by atomic mass is 10.2. The van der Waals surface area contributed by atoms with Crippen LogP contribution in [0.5, 0.6) is 5.75 Å². The molecule has 6 heteroatoms. The van der Waals surface area contributed by atoms with Crippen molar-refractivity contribution >= 4 is 27.3 Å². The molecule has 1 aliphatic rings. The number of nitrogens with zero attached hydrogens (tertiary/aromatic N) is 1. The molecule has 2 aromatic rings. The standard InChI is InChI=1S/C20H22ClNO3S/c1-2-15-22(26(23,24)20-13-7-16(21)8-14-20)17-9-11-19(12-10-17)25-18-5-3-4-6-18/h2,7-14,18H,1,3-6,15H2. The molecule has 0 amide bonds. The average Bonchev–Trinajstić information content (AvgIpc) is 3.14. The number of sulfonamides is 1.